The van der Waals surface area contributed by atoms with Crippen LogP contribution in [0.5, 0.6) is 0 Å². The van der Waals surface area contributed by atoms with Crippen LogP contribution < -0.4 is 11.1 Å². The molecule has 0 spiro atoms. The van der Waals surface area contributed by atoms with Crippen molar-refractivity contribution in [1.82, 2.24) is 14.8 Å². The van der Waals surface area contributed by atoms with Crippen LogP contribution in [0.3, 0.4) is 0 Å². The highest BCUT2D eigenvalue weighted by atomic mass is 32.1. The zero-order chi connectivity index (χ0) is 19.9. The molecule has 0 aliphatic carbocycles. The third-order valence-corrected chi connectivity index (χ3v) is 4.86. The van der Waals surface area contributed by atoms with E-state index >= 15 is 0 Å². The lowest BCUT2D eigenvalue weighted by Crippen LogP contribution is -2.52. The quantitative estimate of drug-likeness (QED) is 0.477. The van der Waals surface area contributed by atoms with E-state index in [-0.39, 0.29) is 10.7 Å². The summed E-state index contributed by atoms with van der Waals surface area (Å²) in [4.78, 5) is 37.0. The number of nitrogens with one attached hydrogen (secondary N) is 1. The molecular weight excluding hydrogens is 364 g/mol. The first-order valence-corrected chi connectivity index (χ1v) is 8.55. The first-order valence-electron chi connectivity index (χ1n) is 8.15. The van der Waals surface area contributed by atoms with Crippen molar-refractivity contribution in [2.75, 3.05) is 7.05 Å². The van der Waals surface area contributed by atoms with Gasteiger partial charge in [0.2, 0.25) is 5.91 Å². The molecule has 0 bridgehead atoms. The second-order valence-electron chi connectivity index (χ2n) is 6.25. The van der Waals surface area contributed by atoms with Gasteiger partial charge in [0.1, 0.15) is 5.57 Å². The van der Waals surface area contributed by atoms with Crippen molar-refractivity contribution >= 4 is 41.1 Å². The minimum absolute atomic E-state index is 0.0235. The molecule has 1 aliphatic heterocycles. The van der Waals surface area contributed by atoms with E-state index in [0.717, 1.165) is 22.6 Å². The van der Waals surface area contributed by atoms with Gasteiger partial charge in [-0.05, 0) is 68.0 Å². The van der Waals surface area contributed by atoms with Gasteiger partial charge in [0.05, 0.1) is 0 Å². The van der Waals surface area contributed by atoms with E-state index in [2.05, 4.69) is 5.32 Å². The second kappa shape index (κ2) is 6.81. The van der Waals surface area contributed by atoms with Gasteiger partial charge < -0.3 is 10.3 Å². The van der Waals surface area contributed by atoms with Crippen molar-refractivity contribution < 1.29 is 14.4 Å². The van der Waals surface area contributed by atoms with Gasteiger partial charge in [-0.25, -0.2) is 0 Å². The number of rotatable bonds is 3. The number of hydrogen-bond acceptors (Lipinski definition) is 4. The molecule has 0 atom stereocenters. The van der Waals surface area contributed by atoms with E-state index in [1.165, 1.54) is 11.9 Å². The largest absolute Gasteiger partial charge is 0.366 e. The van der Waals surface area contributed by atoms with Gasteiger partial charge in [0.15, 0.2) is 5.11 Å². The zero-order valence-corrected chi connectivity index (χ0v) is 15.9. The fraction of sp³-hybridized carbons (Fsp3) is 0.158. The Hall–Kier alpha value is -3.26. The molecule has 2 heterocycles. The van der Waals surface area contributed by atoms with E-state index in [9.17, 15) is 14.4 Å². The maximum Gasteiger partial charge on any atom is 0.265 e. The van der Waals surface area contributed by atoms with Gasteiger partial charge in [0.25, 0.3) is 11.8 Å². The molecule has 0 saturated carbocycles. The minimum Gasteiger partial charge on any atom is -0.366 e. The Labute approximate surface area is 161 Å². The van der Waals surface area contributed by atoms with Gasteiger partial charge in [-0.2, -0.15) is 0 Å². The van der Waals surface area contributed by atoms with Crippen molar-refractivity contribution in [1.29, 1.82) is 0 Å². The summed E-state index contributed by atoms with van der Waals surface area (Å²) >= 11 is 4.95. The SMILES string of the molecule is Cc1cc(/C=C2\C(=O)NC(=S)N(C)C2=O)c(C)n1-c1ccc(C(N)=O)cc1. The molecule has 1 fully saturated rings. The summed E-state index contributed by atoms with van der Waals surface area (Å²) < 4.78 is 1.97. The number of nitrogens with zero attached hydrogens (tertiary/aromatic N) is 2. The third-order valence-electron chi connectivity index (χ3n) is 4.48. The molecule has 1 aliphatic rings. The summed E-state index contributed by atoms with van der Waals surface area (Å²) in [5.74, 6) is -1.45. The standard InChI is InChI=1S/C19H18N4O3S/c1-10-8-13(9-15-17(25)21-19(27)22(3)18(15)26)11(2)23(10)14-6-4-12(5-7-14)16(20)24/h4-9H,1-3H3,(H2,20,24)(H,21,25,27)/b15-9+. The van der Waals surface area contributed by atoms with Crippen molar-refractivity contribution in [2.24, 2.45) is 5.73 Å². The van der Waals surface area contributed by atoms with Crippen LogP contribution in [0.4, 0.5) is 0 Å². The van der Waals surface area contributed by atoms with E-state index in [4.69, 9.17) is 18.0 Å². The zero-order valence-electron chi connectivity index (χ0n) is 15.1. The molecule has 27 heavy (non-hydrogen) atoms. The lowest BCUT2D eigenvalue weighted by Gasteiger charge is -2.25. The van der Waals surface area contributed by atoms with Gasteiger partial charge in [-0.3, -0.25) is 24.6 Å². The molecule has 3 amide bonds. The Bertz CT molecular complexity index is 1020. The number of nitrogens with two attached hydrogens (primary N) is 1. The van der Waals surface area contributed by atoms with Crippen molar-refractivity contribution in [3.63, 3.8) is 0 Å². The number of aryl methyl sites for hydroxylation is 1. The smallest absolute Gasteiger partial charge is 0.265 e. The molecule has 7 nitrogen and oxygen atoms in total. The normalized spacial score (nSPS) is 16.0. The van der Waals surface area contributed by atoms with Crippen LogP contribution in [-0.2, 0) is 9.59 Å². The third kappa shape index (κ3) is 3.26. The molecule has 8 heteroatoms. The van der Waals surface area contributed by atoms with E-state index in [1.807, 2.05) is 24.5 Å². The Balaban J connectivity index is 2.03. The predicted molar refractivity (Wildman–Crippen MR) is 105 cm³/mol. The van der Waals surface area contributed by atoms with Gasteiger partial charge in [-0.1, -0.05) is 0 Å². The molecule has 1 aromatic heterocycles. The summed E-state index contributed by atoms with van der Waals surface area (Å²) in [6.45, 7) is 3.81. The monoisotopic (exact) mass is 382 g/mol. The maximum absolute atomic E-state index is 12.4. The number of primary amides is 1. The van der Waals surface area contributed by atoms with E-state index in [0.29, 0.717) is 5.56 Å². The van der Waals surface area contributed by atoms with E-state index < -0.39 is 17.7 Å². The van der Waals surface area contributed by atoms with Crippen LogP contribution in [0.1, 0.15) is 27.3 Å². The van der Waals surface area contributed by atoms with Gasteiger partial charge >= 0.3 is 0 Å². The Kier molecular flexibility index (Phi) is 4.67. The topological polar surface area (TPSA) is 97.4 Å². The Morgan fingerprint density at radius 2 is 1.81 bits per heavy atom. The van der Waals surface area contributed by atoms with Crippen molar-refractivity contribution in [3.8, 4) is 5.69 Å². The molecule has 1 saturated heterocycles. The van der Waals surface area contributed by atoms with Crippen molar-refractivity contribution in [3.05, 3.63) is 58.4 Å². The van der Waals surface area contributed by atoms with Crippen LogP contribution in [0.25, 0.3) is 11.8 Å². The summed E-state index contributed by atoms with van der Waals surface area (Å²) in [5.41, 5.74) is 9.08. The summed E-state index contributed by atoms with van der Waals surface area (Å²) in [6, 6.07) is 8.78. The average Bonchev–Trinajstić information content (AvgIpc) is 2.90. The van der Waals surface area contributed by atoms with Crippen LogP contribution in [0.2, 0.25) is 0 Å². The van der Waals surface area contributed by atoms with Gasteiger partial charge in [-0.15, -0.1) is 0 Å². The lowest BCUT2D eigenvalue weighted by atomic mass is 10.1. The fourth-order valence-corrected chi connectivity index (χ4v) is 3.18. The van der Waals surface area contributed by atoms with Crippen LogP contribution >= 0.6 is 12.2 Å². The first kappa shape index (κ1) is 18.5. The highest BCUT2D eigenvalue weighted by Crippen LogP contribution is 2.24. The number of amides is 3. The molecule has 138 valence electrons. The van der Waals surface area contributed by atoms with Gasteiger partial charge in [0, 0.05) is 29.7 Å². The predicted octanol–water partition coefficient (Wildman–Crippen LogP) is 1.45. The fourth-order valence-electron chi connectivity index (χ4n) is 3.01. The number of aromatic nitrogens is 1. The number of benzene rings is 1. The maximum atomic E-state index is 12.4. The molecule has 3 N–H and O–H groups in total. The molecular formula is C19H18N4O3S. The number of hydrogen-bond donors (Lipinski definition) is 2. The Morgan fingerprint density at radius 1 is 1.19 bits per heavy atom. The molecule has 0 radical (unpaired) electrons. The Morgan fingerprint density at radius 3 is 2.41 bits per heavy atom. The number of carbonyl (C=O) groups excluding carboxylic acids is 3. The highest BCUT2D eigenvalue weighted by Gasteiger charge is 2.31. The first-order chi connectivity index (χ1) is 12.7. The highest BCUT2D eigenvalue weighted by molar-refractivity contribution is 7.80. The lowest BCUT2D eigenvalue weighted by molar-refractivity contribution is -0.128. The molecule has 3 rings (SSSR count). The number of likely N-dealkylation sites (N-methyl/N-ethyl adjacent to an activating group) is 1. The summed E-state index contributed by atoms with van der Waals surface area (Å²) in [5, 5.41) is 2.58. The van der Waals surface area contributed by atoms with Crippen LogP contribution in [0, 0.1) is 13.8 Å². The van der Waals surface area contributed by atoms with Crippen LogP contribution in [-0.4, -0.2) is 39.3 Å². The summed E-state index contributed by atoms with van der Waals surface area (Å²) in [7, 11) is 1.52. The molecule has 2 aromatic rings. The van der Waals surface area contributed by atoms with Crippen molar-refractivity contribution in [2.45, 2.75) is 13.8 Å². The average molecular weight is 382 g/mol. The van der Waals surface area contributed by atoms with Crippen LogP contribution in [0.15, 0.2) is 35.9 Å². The molecule has 0 unspecified atom stereocenters. The van der Waals surface area contributed by atoms with E-state index in [1.54, 1.807) is 30.3 Å². The minimum atomic E-state index is -0.515. The molecule has 1 aromatic carbocycles. The number of carbonyl (C=O) groups is 3. The summed E-state index contributed by atoms with van der Waals surface area (Å²) in [6.07, 6.45) is 1.56. The second-order valence-corrected chi connectivity index (χ2v) is 6.64. The number of thiocarbonyl (C=S) groups is 1.